The standard InChI is InChI=1S/C46H69N3O6/c1-29(2)38-31(50)26-46(34(51)28-48-22-24-49(25-23-48)36-12-10-11-21-47-36)20-19-44(8)30(39(38)46)13-14-33-43(7)17-16-35(55-37(52)27-41(3,4)40(53)54)42(5,6)32(43)15-18-45(33,44)9/h10-12,21,29-30,32-35,51H,13-20,22-28H2,1-9H3,(H,53,54)/t30-,32+,33-,34+,35+,43+,44-,45-,46+/m1/s1. The number of aliphatic hydroxyl groups excluding tert-OH is 1. The molecule has 2 heterocycles. The SMILES string of the molecule is CC(C)C1=C2[C@H]3CC[C@@H]4[C@@]5(C)CC[C@H](OC(=O)CC(C)(C)C(=O)O)C(C)(C)[C@@H]5CC[C@@]4(C)[C@]3(C)CC[C@@]2([C@@H](O)CN2CCN(c3ccccn3)CC2)CC1=O. The lowest BCUT2D eigenvalue weighted by Gasteiger charge is -2.72. The number of β-amino-alcohol motifs (C(OH)–C–C–N with tert-alkyl or cyclic N) is 1. The number of anilines is 1. The Morgan fingerprint density at radius 2 is 1.64 bits per heavy atom. The molecule has 0 spiro atoms. The number of ether oxygens (including phenoxy) is 1. The number of piperazine rings is 1. The van der Waals surface area contributed by atoms with Crippen LogP contribution in [-0.4, -0.2) is 82.8 Å². The summed E-state index contributed by atoms with van der Waals surface area (Å²) in [6, 6.07) is 6.05. The van der Waals surface area contributed by atoms with Crippen LogP contribution >= 0.6 is 0 Å². The number of carbonyl (C=O) groups excluding carboxylic acids is 2. The van der Waals surface area contributed by atoms with Crippen LogP contribution in [-0.2, 0) is 19.1 Å². The maximum atomic E-state index is 14.2. The molecule has 2 N–H and O–H groups in total. The van der Waals surface area contributed by atoms with Gasteiger partial charge in [0.15, 0.2) is 5.78 Å². The summed E-state index contributed by atoms with van der Waals surface area (Å²) in [5, 5.41) is 22.1. The van der Waals surface area contributed by atoms with Gasteiger partial charge in [-0.15, -0.1) is 0 Å². The highest BCUT2D eigenvalue weighted by Crippen LogP contribution is 2.77. The van der Waals surface area contributed by atoms with Crippen LogP contribution in [0.15, 0.2) is 35.5 Å². The molecule has 1 aromatic heterocycles. The molecule has 5 fully saturated rings. The normalized spacial score (nSPS) is 38.2. The van der Waals surface area contributed by atoms with Gasteiger partial charge in [0.1, 0.15) is 11.9 Å². The number of aliphatic carboxylic acids is 1. The van der Waals surface area contributed by atoms with E-state index in [-0.39, 0.29) is 51.8 Å². The molecule has 7 rings (SSSR count). The topological polar surface area (TPSA) is 120 Å². The molecule has 0 unspecified atom stereocenters. The van der Waals surface area contributed by atoms with Crippen LogP contribution in [0, 0.1) is 56.2 Å². The molecule has 1 aliphatic heterocycles. The number of carboxylic acid groups (broad SMARTS) is 1. The van der Waals surface area contributed by atoms with E-state index in [2.05, 4.69) is 69.3 Å². The number of hydrogen-bond acceptors (Lipinski definition) is 8. The Bertz CT molecular complexity index is 1700. The molecule has 1 saturated heterocycles. The van der Waals surface area contributed by atoms with Crippen LogP contribution in [0.25, 0.3) is 0 Å². The average molecular weight is 760 g/mol. The van der Waals surface area contributed by atoms with Crippen LogP contribution < -0.4 is 4.90 Å². The lowest BCUT2D eigenvalue weighted by Crippen LogP contribution is -2.66. The van der Waals surface area contributed by atoms with Gasteiger partial charge in [-0.1, -0.05) is 60.1 Å². The van der Waals surface area contributed by atoms with E-state index in [1.54, 1.807) is 13.8 Å². The zero-order valence-corrected chi connectivity index (χ0v) is 35.2. The quantitative estimate of drug-likeness (QED) is 0.242. The molecule has 304 valence electrons. The van der Waals surface area contributed by atoms with Gasteiger partial charge in [0.05, 0.1) is 17.9 Å². The van der Waals surface area contributed by atoms with Gasteiger partial charge < -0.3 is 19.8 Å². The van der Waals surface area contributed by atoms with Crippen molar-refractivity contribution in [2.75, 3.05) is 37.6 Å². The average Bonchev–Trinajstić information content (AvgIpc) is 3.43. The minimum Gasteiger partial charge on any atom is -0.481 e. The minimum atomic E-state index is -1.16. The predicted molar refractivity (Wildman–Crippen MR) is 214 cm³/mol. The molecule has 5 aliphatic carbocycles. The Labute approximate surface area is 330 Å². The van der Waals surface area contributed by atoms with Crippen molar-refractivity contribution in [1.82, 2.24) is 9.88 Å². The summed E-state index contributed by atoms with van der Waals surface area (Å²) in [5.74, 6) is 1.13. The van der Waals surface area contributed by atoms with E-state index in [0.717, 1.165) is 88.9 Å². The maximum absolute atomic E-state index is 14.2. The Morgan fingerprint density at radius 3 is 2.27 bits per heavy atom. The fourth-order valence-corrected chi connectivity index (χ4v) is 14.0. The Hall–Kier alpha value is -2.78. The second-order valence-corrected chi connectivity index (χ2v) is 21.0. The van der Waals surface area contributed by atoms with E-state index in [9.17, 15) is 24.6 Å². The van der Waals surface area contributed by atoms with Crippen molar-refractivity contribution >= 4 is 23.5 Å². The van der Waals surface area contributed by atoms with Crippen molar-refractivity contribution < 1.29 is 29.3 Å². The van der Waals surface area contributed by atoms with Gasteiger partial charge in [0.25, 0.3) is 0 Å². The van der Waals surface area contributed by atoms with Crippen molar-refractivity contribution in [3.8, 4) is 0 Å². The number of carbonyl (C=O) groups is 3. The highest BCUT2D eigenvalue weighted by atomic mass is 16.5. The van der Waals surface area contributed by atoms with E-state index in [4.69, 9.17) is 4.74 Å². The molecule has 0 aromatic carbocycles. The first-order valence-corrected chi connectivity index (χ1v) is 21.5. The highest BCUT2D eigenvalue weighted by Gasteiger charge is 2.71. The molecule has 1 aromatic rings. The van der Waals surface area contributed by atoms with Crippen molar-refractivity contribution in [1.29, 1.82) is 0 Å². The maximum Gasteiger partial charge on any atom is 0.309 e. The number of fused-ring (bicyclic) bond motifs is 7. The van der Waals surface area contributed by atoms with Crippen molar-refractivity contribution in [2.24, 2.45) is 56.2 Å². The summed E-state index contributed by atoms with van der Waals surface area (Å²) in [7, 11) is 0. The molecular weight excluding hydrogens is 691 g/mol. The number of carboxylic acids is 1. The molecule has 6 aliphatic rings. The van der Waals surface area contributed by atoms with E-state index in [1.807, 2.05) is 18.3 Å². The number of Topliss-reactive ketones (excluding diaryl/α,β-unsaturated/α-hetero) is 1. The Kier molecular flexibility index (Phi) is 10.3. The van der Waals surface area contributed by atoms with Gasteiger partial charge in [-0.2, -0.15) is 0 Å². The third-order valence-corrected chi connectivity index (χ3v) is 17.3. The van der Waals surface area contributed by atoms with Gasteiger partial charge >= 0.3 is 11.9 Å². The number of rotatable bonds is 9. The first kappa shape index (κ1) is 40.4. The molecule has 9 nitrogen and oxygen atoms in total. The predicted octanol–water partition coefficient (Wildman–Crippen LogP) is 7.96. The minimum absolute atomic E-state index is 0.00259. The van der Waals surface area contributed by atoms with E-state index in [1.165, 1.54) is 5.57 Å². The summed E-state index contributed by atoms with van der Waals surface area (Å²) in [6.45, 7) is 23.8. The number of hydrogen-bond donors (Lipinski definition) is 2. The Morgan fingerprint density at radius 1 is 0.927 bits per heavy atom. The molecular formula is C46H69N3O6. The molecule has 55 heavy (non-hydrogen) atoms. The van der Waals surface area contributed by atoms with Crippen LogP contribution in [0.5, 0.6) is 0 Å². The molecule has 9 heteroatoms. The van der Waals surface area contributed by atoms with Crippen LogP contribution in [0.3, 0.4) is 0 Å². The number of aromatic nitrogens is 1. The molecule has 9 atom stereocenters. The second-order valence-electron chi connectivity index (χ2n) is 21.0. The highest BCUT2D eigenvalue weighted by molar-refractivity contribution is 6.00. The summed E-state index contributed by atoms with van der Waals surface area (Å²) in [4.78, 5) is 48.4. The lowest BCUT2D eigenvalue weighted by molar-refractivity contribution is -0.235. The smallest absolute Gasteiger partial charge is 0.309 e. The van der Waals surface area contributed by atoms with Crippen molar-refractivity contribution in [2.45, 2.75) is 139 Å². The van der Waals surface area contributed by atoms with Crippen LogP contribution in [0.2, 0.25) is 0 Å². The van der Waals surface area contributed by atoms with Crippen molar-refractivity contribution in [3.05, 3.63) is 35.5 Å². The first-order valence-electron chi connectivity index (χ1n) is 21.5. The largest absolute Gasteiger partial charge is 0.481 e. The van der Waals surface area contributed by atoms with E-state index < -0.39 is 28.9 Å². The van der Waals surface area contributed by atoms with Gasteiger partial charge in [0, 0.05) is 56.2 Å². The van der Waals surface area contributed by atoms with Crippen molar-refractivity contribution in [3.63, 3.8) is 0 Å². The Balaban J connectivity index is 1.12. The summed E-state index contributed by atoms with van der Waals surface area (Å²) < 4.78 is 6.19. The van der Waals surface area contributed by atoms with E-state index >= 15 is 0 Å². The lowest BCUT2D eigenvalue weighted by atomic mass is 9.33. The van der Waals surface area contributed by atoms with Gasteiger partial charge in [-0.3, -0.25) is 19.3 Å². The fraction of sp³-hybridized carbons (Fsp3) is 0.783. The number of aliphatic hydroxyl groups is 1. The third-order valence-electron chi connectivity index (χ3n) is 17.3. The summed E-state index contributed by atoms with van der Waals surface area (Å²) >= 11 is 0. The number of esters is 1. The molecule has 0 bridgehead atoms. The van der Waals surface area contributed by atoms with Gasteiger partial charge in [0.2, 0.25) is 0 Å². The zero-order chi connectivity index (χ0) is 39.9. The van der Waals surface area contributed by atoms with Crippen LogP contribution in [0.4, 0.5) is 5.82 Å². The molecule has 4 saturated carbocycles. The molecule has 0 amide bonds. The number of pyridine rings is 1. The first-order chi connectivity index (χ1) is 25.7. The number of ketones is 1. The number of allylic oxidation sites excluding steroid dienone is 1. The molecule has 0 radical (unpaired) electrons. The summed E-state index contributed by atoms with van der Waals surface area (Å²) in [6.07, 6.45) is 9.25. The number of nitrogens with zero attached hydrogens (tertiary/aromatic N) is 3. The summed E-state index contributed by atoms with van der Waals surface area (Å²) in [5.41, 5.74) is 0.573. The fourth-order valence-electron chi connectivity index (χ4n) is 14.0. The monoisotopic (exact) mass is 760 g/mol. The van der Waals surface area contributed by atoms with Crippen LogP contribution in [0.1, 0.15) is 127 Å². The van der Waals surface area contributed by atoms with Gasteiger partial charge in [-0.25, -0.2) is 4.98 Å². The third kappa shape index (κ3) is 6.31. The van der Waals surface area contributed by atoms with E-state index in [0.29, 0.717) is 24.8 Å². The second kappa shape index (κ2) is 14.0. The van der Waals surface area contributed by atoms with Gasteiger partial charge in [-0.05, 0) is 123 Å². The zero-order valence-electron chi connectivity index (χ0n) is 35.2.